The number of amides is 2. The summed E-state index contributed by atoms with van der Waals surface area (Å²) < 4.78 is 28.9. The summed E-state index contributed by atoms with van der Waals surface area (Å²) in [6, 6.07) is 30.5. The minimum absolute atomic E-state index is 0.0348. The Bertz CT molecular complexity index is 1610. The molecule has 0 fully saturated rings. The molecule has 1 N–H and O–H groups in total. The van der Waals surface area contributed by atoms with Gasteiger partial charge in [-0.2, -0.15) is 0 Å². The van der Waals surface area contributed by atoms with Crippen molar-refractivity contribution in [2.75, 3.05) is 17.4 Å². The lowest BCUT2D eigenvalue weighted by atomic mass is 10.0. The zero-order valence-corrected chi connectivity index (χ0v) is 25.2. The molecule has 7 nitrogen and oxygen atoms in total. The lowest BCUT2D eigenvalue weighted by Crippen LogP contribution is -2.53. The molecule has 0 aliphatic rings. The minimum atomic E-state index is -4.17. The standard InChI is InChI=1S/C33H34ClN3O4S/c1-3-35-33(39)31(21-26-13-6-4-7-14-26)36(23-27-15-10-12-25(2)20-27)32(38)24-37(29-17-11-16-28(34)22-29)42(40,41)30-18-8-5-9-19-30/h4-20,22,31H,3,21,23-24H2,1-2H3,(H,35,39)/t31-/m1/s1. The number of carbonyl (C=O) groups is 2. The molecule has 218 valence electrons. The highest BCUT2D eigenvalue weighted by molar-refractivity contribution is 7.92. The molecule has 4 aromatic rings. The fourth-order valence-corrected chi connectivity index (χ4v) is 6.34. The van der Waals surface area contributed by atoms with E-state index in [1.807, 2.05) is 68.4 Å². The van der Waals surface area contributed by atoms with E-state index in [4.69, 9.17) is 11.6 Å². The van der Waals surface area contributed by atoms with Crippen LogP contribution in [0.15, 0.2) is 114 Å². The minimum Gasteiger partial charge on any atom is -0.355 e. The van der Waals surface area contributed by atoms with Gasteiger partial charge in [-0.05, 0) is 55.3 Å². The first-order valence-electron chi connectivity index (χ1n) is 13.7. The summed E-state index contributed by atoms with van der Waals surface area (Å²) in [5.74, 6) is -0.842. The van der Waals surface area contributed by atoms with E-state index < -0.39 is 28.5 Å². The van der Waals surface area contributed by atoms with Crippen LogP contribution in [0, 0.1) is 6.92 Å². The van der Waals surface area contributed by atoms with E-state index in [2.05, 4.69) is 5.32 Å². The van der Waals surface area contributed by atoms with Crippen molar-refractivity contribution < 1.29 is 18.0 Å². The summed E-state index contributed by atoms with van der Waals surface area (Å²) in [6.07, 6.45) is 0.257. The van der Waals surface area contributed by atoms with Crippen LogP contribution in [0.5, 0.6) is 0 Å². The third-order valence-corrected chi connectivity index (χ3v) is 8.79. The maximum absolute atomic E-state index is 14.3. The van der Waals surface area contributed by atoms with Gasteiger partial charge in [0.25, 0.3) is 10.0 Å². The molecule has 0 aliphatic carbocycles. The summed E-state index contributed by atoms with van der Waals surface area (Å²) in [5.41, 5.74) is 2.95. The summed E-state index contributed by atoms with van der Waals surface area (Å²) in [5, 5.41) is 3.19. The fraction of sp³-hybridized carbons (Fsp3) is 0.212. The number of sulfonamides is 1. The van der Waals surface area contributed by atoms with Crippen molar-refractivity contribution in [2.45, 2.75) is 37.8 Å². The average molecular weight is 604 g/mol. The van der Waals surface area contributed by atoms with Gasteiger partial charge in [0.05, 0.1) is 10.6 Å². The molecule has 42 heavy (non-hydrogen) atoms. The van der Waals surface area contributed by atoms with Crippen molar-refractivity contribution in [3.63, 3.8) is 0 Å². The van der Waals surface area contributed by atoms with E-state index in [1.54, 1.807) is 36.4 Å². The van der Waals surface area contributed by atoms with E-state index >= 15 is 0 Å². The highest BCUT2D eigenvalue weighted by Gasteiger charge is 2.34. The van der Waals surface area contributed by atoms with Crippen molar-refractivity contribution in [1.82, 2.24) is 10.2 Å². The van der Waals surface area contributed by atoms with Crippen LogP contribution in [0.3, 0.4) is 0 Å². The number of benzene rings is 4. The van der Waals surface area contributed by atoms with Crippen molar-refractivity contribution in [2.24, 2.45) is 0 Å². The largest absolute Gasteiger partial charge is 0.355 e. The number of hydrogen-bond acceptors (Lipinski definition) is 4. The quantitative estimate of drug-likeness (QED) is 0.228. The number of likely N-dealkylation sites (N-methyl/N-ethyl adjacent to an activating group) is 1. The maximum atomic E-state index is 14.3. The summed E-state index contributed by atoms with van der Waals surface area (Å²) in [6.45, 7) is 3.73. The maximum Gasteiger partial charge on any atom is 0.264 e. The molecule has 9 heteroatoms. The molecule has 0 heterocycles. The molecule has 4 aromatic carbocycles. The Morgan fingerprint density at radius 1 is 0.833 bits per heavy atom. The van der Waals surface area contributed by atoms with Crippen LogP contribution in [0.2, 0.25) is 5.02 Å². The molecule has 0 aromatic heterocycles. The van der Waals surface area contributed by atoms with Gasteiger partial charge >= 0.3 is 0 Å². The number of nitrogens with one attached hydrogen (secondary N) is 1. The number of anilines is 1. The number of halogens is 1. The number of aryl methyl sites for hydroxylation is 1. The van der Waals surface area contributed by atoms with Gasteiger partial charge in [-0.3, -0.25) is 13.9 Å². The highest BCUT2D eigenvalue weighted by atomic mass is 35.5. The summed E-state index contributed by atoms with van der Waals surface area (Å²) in [7, 11) is -4.17. The summed E-state index contributed by atoms with van der Waals surface area (Å²) >= 11 is 6.25. The Morgan fingerprint density at radius 2 is 1.48 bits per heavy atom. The van der Waals surface area contributed by atoms with E-state index in [1.165, 1.54) is 23.1 Å². The van der Waals surface area contributed by atoms with Crippen molar-refractivity contribution in [3.8, 4) is 0 Å². The Labute approximate surface area is 252 Å². The molecule has 2 amide bonds. The fourth-order valence-electron chi connectivity index (χ4n) is 4.73. The van der Waals surface area contributed by atoms with Gasteiger partial charge in [-0.15, -0.1) is 0 Å². The zero-order valence-electron chi connectivity index (χ0n) is 23.6. The van der Waals surface area contributed by atoms with Gasteiger partial charge in [0, 0.05) is 24.5 Å². The molecule has 0 radical (unpaired) electrons. The Kier molecular flexibility index (Phi) is 10.4. The van der Waals surface area contributed by atoms with Gasteiger partial charge in [0.15, 0.2) is 0 Å². The van der Waals surface area contributed by atoms with Crippen LogP contribution in [0.1, 0.15) is 23.6 Å². The van der Waals surface area contributed by atoms with E-state index in [0.29, 0.717) is 11.6 Å². The smallest absolute Gasteiger partial charge is 0.264 e. The normalized spacial score (nSPS) is 11.9. The van der Waals surface area contributed by atoms with Crippen LogP contribution in [0.4, 0.5) is 5.69 Å². The van der Waals surface area contributed by atoms with Gasteiger partial charge in [0.2, 0.25) is 11.8 Å². The summed E-state index contributed by atoms with van der Waals surface area (Å²) in [4.78, 5) is 29.4. The van der Waals surface area contributed by atoms with Gasteiger partial charge in [-0.25, -0.2) is 8.42 Å². The van der Waals surface area contributed by atoms with Crippen LogP contribution in [-0.4, -0.2) is 44.3 Å². The monoisotopic (exact) mass is 603 g/mol. The van der Waals surface area contributed by atoms with Gasteiger partial charge in [0.1, 0.15) is 12.6 Å². The topological polar surface area (TPSA) is 86.8 Å². The first-order valence-corrected chi connectivity index (χ1v) is 15.5. The molecule has 0 unspecified atom stereocenters. The number of rotatable bonds is 12. The number of nitrogens with zero attached hydrogens (tertiary/aromatic N) is 2. The third kappa shape index (κ3) is 7.78. The average Bonchev–Trinajstić information content (AvgIpc) is 2.98. The van der Waals surface area contributed by atoms with Crippen LogP contribution in [0.25, 0.3) is 0 Å². The second kappa shape index (κ2) is 14.2. The predicted octanol–water partition coefficient (Wildman–Crippen LogP) is 5.62. The second-order valence-electron chi connectivity index (χ2n) is 9.92. The molecule has 0 saturated carbocycles. The first kappa shape index (κ1) is 30.8. The van der Waals surface area contributed by atoms with Crippen molar-refractivity contribution in [3.05, 3.63) is 131 Å². The van der Waals surface area contributed by atoms with Gasteiger partial charge < -0.3 is 10.2 Å². The van der Waals surface area contributed by atoms with Gasteiger partial charge in [-0.1, -0.05) is 96.0 Å². The predicted molar refractivity (Wildman–Crippen MR) is 167 cm³/mol. The first-order chi connectivity index (χ1) is 20.2. The number of carbonyl (C=O) groups excluding carboxylic acids is 2. The molecule has 4 rings (SSSR count). The molecular formula is C33H34ClN3O4S. The molecule has 0 spiro atoms. The highest BCUT2D eigenvalue weighted by Crippen LogP contribution is 2.27. The second-order valence-corrected chi connectivity index (χ2v) is 12.2. The van der Waals surface area contributed by atoms with E-state index in [0.717, 1.165) is 21.0 Å². The Hall–Kier alpha value is -4.14. The van der Waals surface area contributed by atoms with Crippen molar-refractivity contribution in [1.29, 1.82) is 0 Å². The molecule has 0 bridgehead atoms. The third-order valence-electron chi connectivity index (χ3n) is 6.76. The van der Waals surface area contributed by atoms with Crippen molar-refractivity contribution >= 4 is 39.1 Å². The van der Waals surface area contributed by atoms with E-state index in [9.17, 15) is 18.0 Å². The zero-order chi connectivity index (χ0) is 30.1. The molecular weight excluding hydrogens is 570 g/mol. The Morgan fingerprint density at radius 3 is 2.12 bits per heavy atom. The van der Waals surface area contributed by atoms with Crippen LogP contribution < -0.4 is 9.62 Å². The molecule has 1 atom stereocenters. The lowest BCUT2D eigenvalue weighted by Gasteiger charge is -2.34. The SMILES string of the molecule is CCNC(=O)[C@@H](Cc1ccccc1)N(Cc1cccc(C)c1)C(=O)CN(c1cccc(Cl)c1)S(=O)(=O)c1ccccc1. The van der Waals surface area contributed by atoms with Crippen LogP contribution >= 0.6 is 11.6 Å². The molecule has 0 aliphatic heterocycles. The molecule has 0 saturated heterocycles. The van der Waals surface area contributed by atoms with E-state index in [-0.39, 0.29) is 29.5 Å². The number of hydrogen-bond donors (Lipinski definition) is 1. The Balaban J connectivity index is 1.79. The lowest BCUT2D eigenvalue weighted by molar-refractivity contribution is -0.140. The van der Waals surface area contributed by atoms with Crippen LogP contribution in [-0.2, 0) is 32.6 Å².